The van der Waals surface area contributed by atoms with Gasteiger partial charge in [-0.2, -0.15) is 5.10 Å². The van der Waals surface area contributed by atoms with E-state index in [-0.39, 0.29) is 17.0 Å². The van der Waals surface area contributed by atoms with Crippen LogP contribution in [0.25, 0.3) is 0 Å². The first-order valence-corrected chi connectivity index (χ1v) is 11.4. The first-order chi connectivity index (χ1) is 15.5. The number of rotatable bonds is 8. The van der Waals surface area contributed by atoms with E-state index < -0.39 is 15.9 Å². The minimum Gasteiger partial charge on any atom is -0.305 e. The molecule has 0 aliphatic carbocycles. The second kappa shape index (κ2) is 9.54. The van der Waals surface area contributed by atoms with Crippen molar-refractivity contribution < 1.29 is 13.2 Å². The Hall–Kier alpha value is -3.82. The fourth-order valence-electron chi connectivity index (χ4n) is 3.04. The van der Waals surface area contributed by atoms with Crippen molar-refractivity contribution in [2.75, 3.05) is 5.32 Å². The zero-order chi connectivity index (χ0) is 22.4. The summed E-state index contributed by atoms with van der Waals surface area (Å²) in [6.45, 7) is 0.702. The number of nitrogens with one attached hydrogen (secondary N) is 2. The lowest BCUT2D eigenvalue weighted by Gasteiger charge is -2.09. The van der Waals surface area contributed by atoms with Crippen molar-refractivity contribution in [3.63, 3.8) is 0 Å². The van der Waals surface area contributed by atoms with Gasteiger partial charge in [-0.15, -0.1) is 0 Å². The van der Waals surface area contributed by atoms with E-state index in [4.69, 9.17) is 0 Å². The van der Waals surface area contributed by atoms with Crippen LogP contribution in [0, 0.1) is 0 Å². The summed E-state index contributed by atoms with van der Waals surface area (Å²) in [6, 6.07) is 20.6. The highest BCUT2D eigenvalue weighted by atomic mass is 32.2. The Kier molecular flexibility index (Phi) is 6.39. The number of nitrogens with zero attached hydrogens (tertiary/aromatic N) is 3. The van der Waals surface area contributed by atoms with Crippen LogP contribution in [0.4, 0.5) is 5.82 Å². The highest BCUT2D eigenvalue weighted by Gasteiger charge is 2.17. The maximum Gasteiger partial charge on any atom is 0.256 e. The maximum absolute atomic E-state index is 12.7. The number of sulfonamides is 1. The number of benzene rings is 2. The minimum absolute atomic E-state index is 0.0179. The molecule has 4 rings (SSSR count). The Morgan fingerprint density at radius 3 is 2.47 bits per heavy atom. The molecule has 8 nitrogen and oxygen atoms in total. The van der Waals surface area contributed by atoms with E-state index in [1.54, 1.807) is 35.4 Å². The quantitative estimate of drug-likeness (QED) is 0.432. The molecule has 0 bridgehead atoms. The van der Waals surface area contributed by atoms with Crippen LogP contribution in [0.5, 0.6) is 0 Å². The molecule has 1 amide bonds. The molecule has 0 aliphatic rings. The van der Waals surface area contributed by atoms with Gasteiger partial charge < -0.3 is 5.32 Å². The number of aromatic nitrogens is 3. The third-order valence-corrected chi connectivity index (χ3v) is 6.09. The molecule has 2 N–H and O–H groups in total. The summed E-state index contributed by atoms with van der Waals surface area (Å²) in [5, 5.41) is 7.04. The van der Waals surface area contributed by atoms with Gasteiger partial charge in [-0.25, -0.2) is 13.1 Å². The highest BCUT2D eigenvalue weighted by molar-refractivity contribution is 7.89. The lowest BCUT2D eigenvalue weighted by Crippen LogP contribution is -2.23. The molecule has 162 valence electrons. The smallest absolute Gasteiger partial charge is 0.256 e. The van der Waals surface area contributed by atoms with E-state index in [1.807, 2.05) is 42.5 Å². The molecule has 2 aromatic carbocycles. The van der Waals surface area contributed by atoms with Crippen molar-refractivity contribution in [2.45, 2.75) is 18.0 Å². The van der Waals surface area contributed by atoms with Crippen molar-refractivity contribution >= 4 is 21.7 Å². The summed E-state index contributed by atoms with van der Waals surface area (Å²) in [4.78, 5) is 16.7. The third-order valence-electron chi connectivity index (χ3n) is 4.69. The predicted octanol–water partition coefficient (Wildman–Crippen LogP) is 3.06. The van der Waals surface area contributed by atoms with Crippen molar-refractivity contribution in [1.29, 1.82) is 0 Å². The van der Waals surface area contributed by atoms with Crippen LogP contribution in [-0.2, 0) is 23.1 Å². The van der Waals surface area contributed by atoms with E-state index in [2.05, 4.69) is 20.1 Å². The molecule has 0 unspecified atom stereocenters. The van der Waals surface area contributed by atoms with Crippen molar-refractivity contribution in [1.82, 2.24) is 19.5 Å². The van der Waals surface area contributed by atoms with Crippen molar-refractivity contribution in [2.24, 2.45) is 0 Å². The second-order valence-electron chi connectivity index (χ2n) is 7.05. The molecule has 0 aliphatic heterocycles. The third kappa shape index (κ3) is 5.45. The van der Waals surface area contributed by atoms with Gasteiger partial charge in [-0.3, -0.25) is 14.5 Å². The Bertz CT molecular complexity index is 1310. The normalized spacial score (nSPS) is 11.2. The van der Waals surface area contributed by atoms with Crippen molar-refractivity contribution in [3.8, 4) is 0 Å². The molecule has 4 aromatic rings. The Morgan fingerprint density at radius 1 is 0.906 bits per heavy atom. The summed E-state index contributed by atoms with van der Waals surface area (Å²) >= 11 is 0. The van der Waals surface area contributed by atoms with Crippen LogP contribution in [0.1, 0.15) is 21.5 Å². The molecule has 0 radical (unpaired) electrons. The van der Waals surface area contributed by atoms with Crippen LogP contribution >= 0.6 is 0 Å². The molecule has 0 saturated heterocycles. The Labute approximate surface area is 186 Å². The Balaban J connectivity index is 1.42. The van der Waals surface area contributed by atoms with Crippen LogP contribution in [0.15, 0.2) is 96.3 Å². The van der Waals surface area contributed by atoms with Crippen LogP contribution < -0.4 is 10.0 Å². The lowest BCUT2D eigenvalue weighted by atomic mass is 10.2. The average Bonchev–Trinajstić information content (AvgIpc) is 3.26. The van der Waals surface area contributed by atoms with Gasteiger partial charge in [0, 0.05) is 36.8 Å². The molecule has 32 heavy (non-hydrogen) atoms. The lowest BCUT2D eigenvalue weighted by molar-refractivity contribution is 0.102. The van der Waals surface area contributed by atoms with Gasteiger partial charge >= 0.3 is 0 Å². The van der Waals surface area contributed by atoms with Gasteiger partial charge in [0.1, 0.15) is 0 Å². The molecule has 0 atom stereocenters. The van der Waals surface area contributed by atoms with Gasteiger partial charge in [0.15, 0.2) is 5.82 Å². The zero-order valence-electron chi connectivity index (χ0n) is 17.0. The van der Waals surface area contributed by atoms with E-state index >= 15 is 0 Å². The second-order valence-corrected chi connectivity index (χ2v) is 8.81. The number of pyridine rings is 1. The van der Waals surface area contributed by atoms with Gasteiger partial charge in [-0.1, -0.05) is 36.4 Å². The number of carbonyl (C=O) groups excluding carboxylic acids is 1. The van der Waals surface area contributed by atoms with Gasteiger partial charge in [0.25, 0.3) is 5.91 Å². The minimum atomic E-state index is -3.77. The zero-order valence-corrected chi connectivity index (χ0v) is 17.9. The molecule has 9 heteroatoms. The number of amides is 1. The molecule has 2 aromatic heterocycles. The molecular formula is C23H21N5O3S. The summed E-state index contributed by atoms with van der Waals surface area (Å²) in [5.74, 6) is -0.0706. The first-order valence-electron chi connectivity index (χ1n) is 9.87. The fourth-order valence-corrected chi connectivity index (χ4v) is 4.11. The van der Waals surface area contributed by atoms with E-state index in [0.29, 0.717) is 12.4 Å². The number of hydrogen-bond acceptors (Lipinski definition) is 5. The predicted molar refractivity (Wildman–Crippen MR) is 120 cm³/mol. The van der Waals surface area contributed by atoms with Crippen molar-refractivity contribution in [3.05, 3.63) is 108 Å². The monoisotopic (exact) mass is 447 g/mol. The maximum atomic E-state index is 12.7. The molecular weight excluding hydrogens is 426 g/mol. The van der Waals surface area contributed by atoms with Crippen LogP contribution in [0.2, 0.25) is 0 Å². The van der Waals surface area contributed by atoms with E-state index in [0.717, 1.165) is 11.1 Å². The van der Waals surface area contributed by atoms with E-state index in [1.165, 1.54) is 18.2 Å². The molecule has 0 spiro atoms. The SMILES string of the molecule is O=C(Nc1ccn(Cc2ccncc2)n1)c1cccc(S(=O)(=O)NCc2ccccc2)c1. The molecule has 0 fully saturated rings. The summed E-state index contributed by atoms with van der Waals surface area (Å²) < 4.78 is 29.6. The largest absolute Gasteiger partial charge is 0.305 e. The number of anilines is 1. The van der Waals surface area contributed by atoms with Crippen LogP contribution in [-0.4, -0.2) is 29.1 Å². The summed E-state index contributed by atoms with van der Waals surface area (Å²) in [5.41, 5.74) is 2.09. The summed E-state index contributed by atoms with van der Waals surface area (Å²) in [6.07, 6.45) is 5.17. The highest BCUT2D eigenvalue weighted by Crippen LogP contribution is 2.14. The number of carbonyl (C=O) groups is 1. The van der Waals surface area contributed by atoms with Gasteiger partial charge in [0.2, 0.25) is 10.0 Å². The topological polar surface area (TPSA) is 106 Å². The van der Waals surface area contributed by atoms with Gasteiger partial charge in [0.05, 0.1) is 11.4 Å². The van der Waals surface area contributed by atoms with E-state index in [9.17, 15) is 13.2 Å². The molecule has 0 saturated carbocycles. The average molecular weight is 448 g/mol. The summed E-state index contributed by atoms with van der Waals surface area (Å²) in [7, 11) is -3.77. The fraction of sp³-hybridized carbons (Fsp3) is 0.0870. The van der Waals surface area contributed by atoms with Gasteiger partial charge in [-0.05, 0) is 41.5 Å². The number of hydrogen-bond donors (Lipinski definition) is 2. The molecule has 2 heterocycles. The van der Waals surface area contributed by atoms with Crippen LogP contribution in [0.3, 0.4) is 0 Å². The first kappa shape index (κ1) is 21.4. The Morgan fingerprint density at radius 2 is 1.69 bits per heavy atom. The standard InChI is InChI=1S/C23H21N5O3S/c29-23(26-22-11-14-28(27-22)17-19-9-12-24-13-10-19)20-7-4-8-21(15-20)32(30,31)25-16-18-5-2-1-3-6-18/h1-15,25H,16-17H2,(H,26,27,29).